The van der Waals surface area contributed by atoms with Crippen LogP contribution >= 0.6 is 0 Å². The lowest BCUT2D eigenvalue weighted by Gasteiger charge is -2.25. The van der Waals surface area contributed by atoms with Crippen molar-refractivity contribution in [3.63, 3.8) is 0 Å². The predicted octanol–water partition coefficient (Wildman–Crippen LogP) is 4.48. The van der Waals surface area contributed by atoms with E-state index in [2.05, 4.69) is 17.4 Å². The van der Waals surface area contributed by atoms with Crippen molar-refractivity contribution in [2.45, 2.75) is 37.8 Å². The van der Waals surface area contributed by atoms with Crippen LogP contribution in [0, 0.1) is 0 Å². The van der Waals surface area contributed by atoms with E-state index in [4.69, 9.17) is 0 Å². The minimum atomic E-state index is -4.39. The highest BCUT2D eigenvalue weighted by Gasteiger charge is 2.30. The van der Waals surface area contributed by atoms with Gasteiger partial charge in [-0.2, -0.15) is 13.2 Å². The lowest BCUT2D eigenvalue weighted by Crippen LogP contribution is -2.31. The third kappa shape index (κ3) is 4.41. The maximum atomic E-state index is 12.7. The molecular weight excluding hydrogens is 327 g/mol. The lowest BCUT2D eigenvalue weighted by molar-refractivity contribution is -0.137. The van der Waals surface area contributed by atoms with Gasteiger partial charge in [-0.3, -0.25) is 4.79 Å². The first kappa shape index (κ1) is 17.5. The lowest BCUT2D eigenvalue weighted by atomic mass is 9.83. The molecule has 0 aliphatic heterocycles. The van der Waals surface area contributed by atoms with Crippen LogP contribution < -0.4 is 5.32 Å². The molecule has 1 aliphatic rings. The first-order valence-electron chi connectivity index (χ1n) is 8.44. The maximum Gasteiger partial charge on any atom is 0.416 e. The predicted molar refractivity (Wildman–Crippen MR) is 90.3 cm³/mol. The Balaban J connectivity index is 1.59. The number of amides is 1. The van der Waals surface area contributed by atoms with Gasteiger partial charge >= 0.3 is 6.18 Å². The fourth-order valence-corrected chi connectivity index (χ4v) is 3.41. The van der Waals surface area contributed by atoms with Gasteiger partial charge in [-0.25, -0.2) is 0 Å². The molecule has 1 amide bonds. The van der Waals surface area contributed by atoms with Gasteiger partial charge in [0.1, 0.15) is 0 Å². The second kappa shape index (κ2) is 7.30. The number of hydrogen-bond acceptors (Lipinski definition) is 1. The van der Waals surface area contributed by atoms with Gasteiger partial charge in [-0.05, 0) is 42.0 Å². The molecule has 0 spiro atoms. The average Bonchev–Trinajstić information content (AvgIpc) is 2.59. The van der Waals surface area contributed by atoms with Gasteiger partial charge in [0.05, 0.1) is 12.0 Å². The fourth-order valence-electron chi connectivity index (χ4n) is 3.41. The number of hydrogen-bond donors (Lipinski definition) is 1. The quantitative estimate of drug-likeness (QED) is 0.868. The van der Waals surface area contributed by atoms with E-state index in [0.29, 0.717) is 12.1 Å². The van der Waals surface area contributed by atoms with Crippen LogP contribution in [0.2, 0.25) is 0 Å². The Morgan fingerprint density at radius 2 is 1.92 bits per heavy atom. The van der Waals surface area contributed by atoms with Crippen LogP contribution in [0.1, 0.15) is 41.0 Å². The molecule has 132 valence electrons. The second-order valence-electron chi connectivity index (χ2n) is 6.47. The van der Waals surface area contributed by atoms with Gasteiger partial charge in [0.2, 0.25) is 5.91 Å². The van der Waals surface area contributed by atoms with E-state index < -0.39 is 11.7 Å². The molecule has 1 N–H and O–H groups in total. The summed E-state index contributed by atoms with van der Waals surface area (Å²) in [7, 11) is 0. The molecule has 0 bridgehead atoms. The van der Waals surface area contributed by atoms with E-state index >= 15 is 0 Å². The molecule has 1 aliphatic carbocycles. The van der Waals surface area contributed by atoms with E-state index in [-0.39, 0.29) is 18.2 Å². The Kier molecular flexibility index (Phi) is 5.11. The van der Waals surface area contributed by atoms with Crippen molar-refractivity contribution in [3.8, 4) is 0 Å². The van der Waals surface area contributed by atoms with Gasteiger partial charge in [0.25, 0.3) is 0 Å². The Labute approximate surface area is 145 Å². The highest BCUT2D eigenvalue weighted by atomic mass is 19.4. The number of rotatable bonds is 4. The molecule has 1 unspecified atom stereocenters. The molecule has 0 heterocycles. The number of aryl methyl sites for hydroxylation is 1. The van der Waals surface area contributed by atoms with Crippen molar-refractivity contribution in [2.24, 2.45) is 0 Å². The molecule has 0 aromatic heterocycles. The monoisotopic (exact) mass is 347 g/mol. The van der Waals surface area contributed by atoms with Crippen molar-refractivity contribution in [1.82, 2.24) is 5.32 Å². The minimum Gasteiger partial charge on any atom is -0.355 e. The fraction of sp³-hybridized carbons (Fsp3) is 0.350. The Morgan fingerprint density at radius 1 is 1.12 bits per heavy atom. The van der Waals surface area contributed by atoms with Crippen LogP contribution in [0.15, 0.2) is 48.5 Å². The van der Waals surface area contributed by atoms with Crippen molar-refractivity contribution in [3.05, 3.63) is 70.8 Å². The summed E-state index contributed by atoms with van der Waals surface area (Å²) in [5.74, 6) is 0.0257. The Bertz CT molecular complexity index is 755. The summed E-state index contributed by atoms with van der Waals surface area (Å²) in [6.45, 7) is 0.523. The summed E-state index contributed by atoms with van der Waals surface area (Å²) in [5.41, 5.74) is 2.24. The van der Waals surface area contributed by atoms with Crippen LogP contribution in [0.25, 0.3) is 0 Å². The highest BCUT2D eigenvalue weighted by Crippen LogP contribution is 2.31. The van der Waals surface area contributed by atoms with E-state index in [9.17, 15) is 18.0 Å². The normalized spacial score (nSPS) is 17.0. The number of carbonyl (C=O) groups is 1. The minimum absolute atomic E-state index is 0.0434. The summed E-state index contributed by atoms with van der Waals surface area (Å²) in [5, 5.41) is 2.88. The molecule has 5 heteroatoms. The summed E-state index contributed by atoms with van der Waals surface area (Å²) in [4.78, 5) is 12.1. The Morgan fingerprint density at radius 3 is 2.72 bits per heavy atom. The van der Waals surface area contributed by atoms with Crippen molar-refractivity contribution in [2.75, 3.05) is 6.54 Å². The summed E-state index contributed by atoms with van der Waals surface area (Å²) in [6, 6.07) is 13.2. The van der Waals surface area contributed by atoms with Crippen LogP contribution in [0.4, 0.5) is 13.2 Å². The first-order valence-corrected chi connectivity index (χ1v) is 8.44. The number of fused-ring (bicyclic) bond motifs is 1. The standard InChI is InChI=1S/C20H20F3NO/c21-20(22,23)17-9-3-5-14(11-17)12-19(25)24-13-16-8-4-7-15-6-1-2-10-18(15)16/h1-3,5-6,9-11,16H,4,7-8,12-13H2,(H,24,25). The number of carbonyl (C=O) groups excluding carboxylic acids is 1. The van der Waals surface area contributed by atoms with Crippen molar-refractivity contribution >= 4 is 5.91 Å². The van der Waals surface area contributed by atoms with E-state index in [0.717, 1.165) is 31.4 Å². The SMILES string of the molecule is O=C(Cc1cccc(C(F)(F)F)c1)NCC1CCCc2ccccc21. The Hall–Kier alpha value is -2.30. The van der Waals surface area contributed by atoms with Gasteiger partial charge in [0.15, 0.2) is 0 Å². The molecule has 25 heavy (non-hydrogen) atoms. The molecule has 2 aromatic carbocycles. The number of alkyl halides is 3. The topological polar surface area (TPSA) is 29.1 Å². The number of nitrogens with one attached hydrogen (secondary N) is 1. The maximum absolute atomic E-state index is 12.7. The summed E-state index contributed by atoms with van der Waals surface area (Å²) < 4.78 is 38.2. The van der Waals surface area contributed by atoms with Gasteiger partial charge < -0.3 is 5.32 Å². The molecule has 0 radical (unpaired) electrons. The van der Waals surface area contributed by atoms with Crippen LogP contribution in [0.3, 0.4) is 0 Å². The molecule has 1 atom stereocenters. The highest BCUT2D eigenvalue weighted by molar-refractivity contribution is 5.78. The molecule has 0 fully saturated rings. The number of benzene rings is 2. The molecule has 3 rings (SSSR count). The zero-order valence-electron chi connectivity index (χ0n) is 13.8. The van der Waals surface area contributed by atoms with E-state index in [1.165, 1.54) is 17.2 Å². The molecule has 0 saturated carbocycles. The third-order valence-electron chi connectivity index (χ3n) is 4.66. The van der Waals surface area contributed by atoms with Gasteiger partial charge in [-0.1, -0.05) is 42.5 Å². The smallest absolute Gasteiger partial charge is 0.355 e. The van der Waals surface area contributed by atoms with E-state index in [1.54, 1.807) is 6.07 Å². The van der Waals surface area contributed by atoms with Crippen LogP contribution in [-0.2, 0) is 23.8 Å². The summed E-state index contributed by atoms with van der Waals surface area (Å²) >= 11 is 0. The van der Waals surface area contributed by atoms with Crippen LogP contribution in [0.5, 0.6) is 0 Å². The second-order valence-corrected chi connectivity index (χ2v) is 6.47. The largest absolute Gasteiger partial charge is 0.416 e. The third-order valence-corrected chi connectivity index (χ3v) is 4.66. The van der Waals surface area contributed by atoms with Crippen molar-refractivity contribution < 1.29 is 18.0 Å². The van der Waals surface area contributed by atoms with E-state index in [1.807, 2.05) is 12.1 Å². The zero-order chi connectivity index (χ0) is 17.9. The van der Waals surface area contributed by atoms with Gasteiger partial charge in [-0.15, -0.1) is 0 Å². The zero-order valence-corrected chi connectivity index (χ0v) is 13.8. The average molecular weight is 347 g/mol. The first-order chi connectivity index (χ1) is 11.9. The molecule has 0 saturated heterocycles. The molecule has 2 nitrogen and oxygen atoms in total. The van der Waals surface area contributed by atoms with Crippen molar-refractivity contribution in [1.29, 1.82) is 0 Å². The summed E-state index contributed by atoms with van der Waals surface area (Å²) in [6.07, 6.45) is -1.27. The van der Waals surface area contributed by atoms with Crippen LogP contribution in [-0.4, -0.2) is 12.5 Å². The molecule has 2 aromatic rings. The van der Waals surface area contributed by atoms with Gasteiger partial charge in [0, 0.05) is 12.5 Å². The molecular formula is C20H20F3NO. The number of halogens is 3.